The van der Waals surface area contributed by atoms with Crippen molar-refractivity contribution in [1.82, 2.24) is 0 Å². The number of hydrogen-bond acceptors (Lipinski definition) is 3. The van der Waals surface area contributed by atoms with E-state index >= 15 is 0 Å². The molecule has 0 saturated heterocycles. The molecule has 2 aromatic carbocycles. The molecule has 3 rings (SSSR count). The van der Waals surface area contributed by atoms with Crippen molar-refractivity contribution in [1.29, 1.82) is 0 Å². The molecule has 0 amide bonds. The van der Waals surface area contributed by atoms with Crippen LogP contribution in [-0.4, -0.2) is 5.11 Å². The van der Waals surface area contributed by atoms with E-state index in [1.54, 1.807) is 17.4 Å². The van der Waals surface area contributed by atoms with E-state index in [1.165, 1.54) is 10.1 Å². The number of nitrogens with one attached hydrogen (secondary N) is 1. The van der Waals surface area contributed by atoms with Crippen molar-refractivity contribution in [2.45, 2.75) is 19.9 Å². The number of aromatic hydroxyl groups is 1. The summed E-state index contributed by atoms with van der Waals surface area (Å²) in [6.45, 7) is 4.04. The molecule has 1 atom stereocenters. The van der Waals surface area contributed by atoms with Crippen LogP contribution in [0.15, 0.2) is 47.8 Å². The van der Waals surface area contributed by atoms with Crippen molar-refractivity contribution in [3.63, 3.8) is 0 Å². The normalized spacial score (nSPS) is 12.5. The molecule has 2 N–H and O–H groups in total. The Kier molecular flexibility index (Phi) is 3.36. The van der Waals surface area contributed by atoms with Gasteiger partial charge in [0.2, 0.25) is 0 Å². The molecule has 0 aliphatic rings. The molecule has 1 aromatic heterocycles. The number of phenols is 1. The molecular formula is C17H17NOS. The maximum Gasteiger partial charge on any atom is 0.121 e. The van der Waals surface area contributed by atoms with Crippen LogP contribution in [0.25, 0.3) is 10.1 Å². The summed E-state index contributed by atoms with van der Waals surface area (Å²) in [5.41, 5.74) is 3.06. The summed E-state index contributed by atoms with van der Waals surface area (Å²) in [7, 11) is 0. The lowest BCUT2D eigenvalue weighted by Gasteiger charge is -2.17. The fourth-order valence-corrected chi connectivity index (χ4v) is 3.17. The van der Waals surface area contributed by atoms with E-state index in [0.717, 1.165) is 16.8 Å². The van der Waals surface area contributed by atoms with E-state index < -0.39 is 0 Å². The summed E-state index contributed by atoms with van der Waals surface area (Å²) < 4.78 is 1.29. The van der Waals surface area contributed by atoms with Crippen LogP contribution in [0.4, 0.5) is 5.69 Å². The minimum Gasteiger partial charge on any atom is -0.508 e. The van der Waals surface area contributed by atoms with E-state index in [9.17, 15) is 5.11 Å². The number of phenolic OH excluding ortho intramolecular Hbond substituents is 1. The number of anilines is 1. The molecule has 0 saturated carbocycles. The second-order valence-electron chi connectivity index (χ2n) is 5.10. The standard InChI is InChI=1S/C17H17NOS/c1-11-3-5-15(16(19)9-11)12(2)18-14-4-6-17-13(10-14)7-8-20-17/h3-10,12,18-19H,1-2H3. The molecule has 0 bridgehead atoms. The Balaban J connectivity index is 1.85. The van der Waals surface area contributed by atoms with Crippen LogP contribution < -0.4 is 5.32 Å². The highest BCUT2D eigenvalue weighted by Gasteiger charge is 2.10. The monoisotopic (exact) mass is 283 g/mol. The third kappa shape index (κ3) is 2.49. The highest BCUT2D eigenvalue weighted by molar-refractivity contribution is 7.17. The number of fused-ring (bicyclic) bond motifs is 1. The maximum atomic E-state index is 10.0. The molecule has 0 aliphatic heterocycles. The van der Waals surface area contributed by atoms with Gasteiger partial charge in [0.25, 0.3) is 0 Å². The Morgan fingerprint density at radius 3 is 2.75 bits per heavy atom. The predicted molar refractivity (Wildman–Crippen MR) is 86.7 cm³/mol. The summed E-state index contributed by atoms with van der Waals surface area (Å²) in [4.78, 5) is 0. The van der Waals surface area contributed by atoms with Crippen LogP contribution in [0, 0.1) is 6.92 Å². The Bertz CT molecular complexity index is 748. The second-order valence-corrected chi connectivity index (χ2v) is 6.05. The van der Waals surface area contributed by atoms with Crippen LogP contribution in [0.3, 0.4) is 0 Å². The molecule has 0 fully saturated rings. The predicted octanol–water partition coefficient (Wildman–Crippen LogP) is 5.09. The van der Waals surface area contributed by atoms with Crippen LogP contribution in [0.5, 0.6) is 5.75 Å². The molecule has 0 aliphatic carbocycles. The first-order chi connectivity index (χ1) is 9.63. The van der Waals surface area contributed by atoms with Gasteiger partial charge in [-0.15, -0.1) is 11.3 Å². The lowest BCUT2D eigenvalue weighted by molar-refractivity contribution is 0.465. The lowest BCUT2D eigenvalue weighted by Crippen LogP contribution is -2.06. The largest absolute Gasteiger partial charge is 0.508 e. The molecule has 1 heterocycles. The van der Waals surface area contributed by atoms with Gasteiger partial charge in [-0.05, 0) is 60.5 Å². The number of thiophene rings is 1. The number of rotatable bonds is 3. The van der Waals surface area contributed by atoms with Gasteiger partial charge in [0.05, 0.1) is 6.04 Å². The molecule has 102 valence electrons. The lowest BCUT2D eigenvalue weighted by atomic mass is 10.0. The van der Waals surface area contributed by atoms with E-state index in [4.69, 9.17) is 0 Å². The van der Waals surface area contributed by atoms with Gasteiger partial charge in [-0.2, -0.15) is 0 Å². The first-order valence-corrected chi connectivity index (χ1v) is 7.55. The van der Waals surface area contributed by atoms with Gasteiger partial charge in [-0.25, -0.2) is 0 Å². The fourth-order valence-electron chi connectivity index (χ4n) is 2.40. The number of hydrogen-bond donors (Lipinski definition) is 2. The summed E-state index contributed by atoms with van der Waals surface area (Å²) in [5.74, 6) is 0.349. The van der Waals surface area contributed by atoms with E-state index in [1.807, 2.05) is 19.1 Å². The first-order valence-electron chi connectivity index (χ1n) is 6.67. The average Bonchev–Trinajstić information content (AvgIpc) is 2.85. The zero-order valence-corrected chi connectivity index (χ0v) is 12.4. The summed E-state index contributed by atoms with van der Waals surface area (Å²) in [6.07, 6.45) is 0. The first kappa shape index (κ1) is 13.0. The molecule has 0 radical (unpaired) electrons. The molecular weight excluding hydrogens is 266 g/mol. The second kappa shape index (κ2) is 5.17. The molecule has 3 heteroatoms. The minimum atomic E-state index is 0.0617. The SMILES string of the molecule is Cc1ccc(C(C)Nc2ccc3sccc3c2)c(O)c1. The van der Waals surface area contributed by atoms with E-state index in [0.29, 0.717) is 5.75 Å². The summed E-state index contributed by atoms with van der Waals surface area (Å²) in [5, 5.41) is 16.8. The zero-order valence-electron chi connectivity index (χ0n) is 11.6. The third-order valence-corrected chi connectivity index (χ3v) is 4.39. The van der Waals surface area contributed by atoms with Crippen molar-refractivity contribution in [2.24, 2.45) is 0 Å². The van der Waals surface area contributed by atoms with Crippen molar-refractivity contribution in [3.05, 3.63) is 59.0 Å². The minimum absolute atomic E-state index is 0.0617. The topological polar surface area (TPSA) is 32.3 Å². The molecule has 3 aromatic rings. The van der Waals surface area contributed by atoms with Crippen LogP contribution in [-0.2, 0) is 0 Å². The van der Waals surface area contributed by atoms with Gasteiger partial charge < -0.3 is 10.4 Å². The van der Waals surface area contributed by atoms with Crippen LogP contribution in [0.1, 0.15) is 24.1 Å². The van der Waals surface area contributed by atoms with Gasteiger partial charge in [0.1, 0.15) is 5.75 Å². The quantitative estimate of drug-likeness (QED) is 0.702. The number of benzene rings is 2. The van der Waals surface area contributed by atoms with Crippen molar-refractivity contribution in [3.8, 4) is 5.75 Å². The van der Waals surface area contributed by atoms with Crippen LogP contribution in [0.2, 0.25) is 0 Å². The third-order valence-electron chi connectivity index (χ3n) is 3.49. The van der Waals surface area contributed by atoms with Gasteiger partial charge in [0, 0.05) is 16.0 Å². The Labute approximate surface area is 122 Å². The summed E-state index contributed by atoms with van der Waals surface area (Å²) in [6, 6.07) is 14.3. The average molecular weight is 283 g/mol. The van der Waals surface area contributed by atoms with Gasteiger partial charge in [0.15, 0.2) is 0 Å². The van der Waals surface area contributed by atoms with Crippen molar-refractivity contribution < 1.29 is 5.11 Å². The maximum absolute atomic E-state index is 10.0. The Morgan fingerprint density at radius 2 is 1.95 bits per heavy atom. The van der Waals surface area contributed by atoms with Crippen LogP contribution >= 0.6 is 11.3 Å². The van der Waals surface area contributed by atoms with Crippen molar-refractivity contribution in [2.75, 3.05) is 5.32 Å². The smallest absolute Gasteiger partial charge is 0.121 e. The van der Waals surface area contributed by atoms with Gasteiger partial charge in [-0.1, -0.05) is 12.1 Å². The summed E-state index contributed by atoms with van der Waals surface area (Å²) >= 11 is 1.75. The molecule has 20 heavy (non-hydrogen) atoms. The Hall–Kier alpha value is -2.00. The van der Waals surface area contributed by atoms with E-state index in [-0.39, 0.29) is 6.04 Å². The van der Waals surface area contributed by atoms with Gasteiger partial charge >= 0.3 is 0 Å². The molecule has 1 unspecified atom stereocenters. The van der Waals surface area contributed by atoms with Crippen molar-refractivity contribution >= 4 is 27.1 Å². The number of aryl methyl sites for hydroxylation is 1. The Morgan fingerprint density at radius 1 is 1.10 bits per heavy atom. The zero-order chi connectivity index (χ0) is 14.1. The van der Waals surface area contributed by atoms with E-state index in [2.05, 4.69) is 41.9 Å². The fraction of sp³-hybridized carbons (Fsp3) is 0.176. The highest BCUT2D eigenvalue weighted by Crippen LogP contribution is 2.30. The molecule has 0 spiro atoms. The van der Waals surface area contributed by atoms with Gasteiger partial charge in [-0.3, -0.25) is 0 Å². The highest BCUT2D eigenvalue weighted by atomic mass is 32.1. The molecule has 2 nitrogen and oxygen atoms in total.